The zero-order chi connectivity index (χ0) is 9.78. The van der Waals surface area contributed by atoms with Gasteiger partial charge in [-0.2, -0.15) is 8.42 Å². The molecule has 1 atom stereocenters. The number of ether oxygens (including phenoxy) is 1. The summed E-state index contributed by atoms with van der Waals surface area (Å²) in [5.74, 6) is -0.762. The first-order valence-corrected chi connectivity index (χ1v) is 5.39. The molecule has 0 amide bonds. The minimum Gasteiger partial charge on any atom is -0.464 e. The second-order valence-corrected chi connectivity index (χ2v) is 4.00. The van der Waals surface area contributed by atoms with Crippen LogP contribution in [0.1, 0.15) is 13.8 Å². The van der Waals surface area contributed by atoms with Crippen molar-refractivity contribution in [1.29, 1.82) is 0 Å². The van der Waals surface area contributed by atoms with Crippen LogP contribution in [0.3, 0.4) is 0 Å². The Morgan fingerprint density at radius 1 is 1.58 bits per heavy atom. The molecule has 0 aromatic rings. The fraction of sp³-hybridized carbons (Fsp3) is 0.800. The van der Waals surface area contributed by atoms with Crippen molar-refractivity contribution in [2.24, 2.45) is 0 Å². The van der Waals surface area contributed by atoms with Crippen LogP contribution in [-0.2, 0) is 23.0 Å². The van der Waals surface area contributed by atoms with Gasteiger partial charge in [0.25, 0.3) is 0 Å². The van der Waals surface area contributed by atoms with Crippen molar-refractivity contribution in [2.75, 3.05) is 6.61 Å². The molecule has 0 fully saturated rings. The van der Waals surface area contributed by atoms with E-state index in [1.807, 2.05) is 0 Å². The zero-order valence-electron chi connectivity index (χ0n) is 6.61. The fourth-order valence-corrected chi connectivity index (χ4v) is 1.22. The van der Waals surface area contributed by atoms with Crippen LogP contribution in [0.25, 0.3) is 0 Å². The predicted molar refractivity (Wildman–Crippen MR) is 42.0 cm³/mol. The van der Waals surface area contributed by atoms with E-state index >= 15 is 0 Å². The maximum absolute atomic E-state index is 10.8. The lowest BCUT2D eigenvalue weighted by Gasteiger charge is -2.07. The lowest BCUT2D eigenvalue weighted by molar-refractivity contribution is -0.150. The second-order valence-electron chi connectivity index (χ2n) is 1.88. The molecule has 0 rings (SSSR count). The van der Waals surface area contributed by atoms with Gasteiger partial charge in [-0.25, -0.2) is 8.98 Å². The van der Waals surface area contributed by atoms with Gasteiger partial charge in [0, 0.05) is 10.7 Å². The molecule has 72 valence electrons. The smallest absolute Gasteiger partial charge is 0.356 e. The van der Waals surface area contributed by atoms with Crippen molar-refractivity contribution >= 4 is 26.0 Å². The van der Waals surface area contributed by atoms with Crippen LogP contribution >= 0.6 is 10.7 Å². The Kier molecular flexibility index (Phi) is 4.51. The van der Waals surface area contributed by atoms with Crippen LogP contribution < -0.4 is 0 Å². The highest BCUT2D eigenvalue weighted by molar-refractivity contribution is 8.10. The van der Waals surface area contributed by atoms with Gasteiger partial charge < -0.3 is 4.74 Å². The van der Waals surface area contributed by atoms with Gasteiger partial charge in [-0.3, -0.25) is 0 Å². The van der Waals surface area contributed by atoms with Gasteiger partial charge in [0.2, 0.25) is 0 Å². The van der Waals surface area contributed by atoms with Crippen molar-refractivity contribution in [2.45, 2.75) is 20.0 Å². The molecule has 0 spiro atoms. The molecule has 0 aliphatic carbocycles. The first-order chi connectivity index (χ1) is 5.37. The van der Waals surface area contributed by atoms with Gasteiger partial charge in [0.1, 0.15) is 0 Å². The fourth-order valence-electron chi connectivity index (χ4n) is 0.471. The summed E-state index contributed by atoms with van der Waals surface area (Å²) in [5, 5.41) is 0. The highest BCUT2D eigenvalue weighted by atomic mass is 35.7. The third-order valence-corrected chi connectivity index (χ3v) is 1.61. The number of hydrogen-bond acceptors (Lipinski definition) is 5. The quantitative estimate of drug-likeness (QED) is 0.504. The van der Waals surface area contributed by atoms with E-state index in [0.717, 1.165) is 0 Å². The number of hydrogen-bond donors (Lipinski definition) is 0. The first-order valence-electron chi connectivity index (χ1n) is 3.16. The number of rotatable bonds is 4. The summed E-state index contributed by atoms with van der Waals surface area (Å²) in [6.07, 6.45) is -1.20. The highest BCUT2D eigenvalue weighted by Gasteiger charge is 2.20. The summed E-state index contributed by atoms with van der Waals surface area (Å²) < 4.78 is 29.1. The molecule has 0 aliphatic heterocycles. The van der Waals surface area contributed by atoms with E-state index in [1.54, 1.807) is 6.92 Å². The molecular weight excluding hydrogens is 208 g/mol. The second kappa shape index (κ2) is 4.64. The summed E-state index contributed by atoms with van der Waals surface area (Å²) in [4.78, 5) is 10.8. The molecule has 0 radical (unpaired) electrons. The van der Waals surface area contributed by atoms with Gasteiger partial charge in [-0.1, -0.05) is 0 Å². The van der Waals surface area contributed by atoms with Crippen LogP contribution in [0.5, 0.6) is 0 Å². The van der Waals surface area contributed by atoms with Crippen LogP contribution in [0.15, 0.2) is 0 Å². The van der Waals surface area contributed by atoms with E-state index < -0.39 is 21.4 Å². The predicted octanol–water partition coefficient (Wildman–Crippen LogP) is 0.438. The van der Waals surface area contributed by atoms with Gasteiger partial charge in [-0.15, -0.1) is 0 Å². The normalized spacial score (nSPS) is 13.9. The van der Waals surface area contributed by atoms with Crippen LogP contribution in [0, 0.1) is 0 Å². The Balaban J connectivity index is 4.05. The molecule has 1 unspecified atom stereocenters. The molecule has 12 heavy (non-hydrogen) atoms. The largest absolute Gasteiger partial charge is 0.464 e. The summed E-state index contributed by atoms with van der Waals surface area (Å²) in [6, 6.07) is 0. The summed E-state index contributed by atoms with van der Waals surface area (Å²) in [5.41, 5.74) is 0. The molecule has 0 N–H and O–H groups in total. The molecule has 0 aliphatic rings. The van der Waals surface area contributed by atoms with Crippen LogP contribution in [0.4, 0.5) is 0 Å². The topological polar surface area (TPSA) is 69.7 Å². The summed E-state index contributed by atoms with van der Waals surface area (Å²) in [7, 11) is 0.599. The molecule has 5 nitrogen and oxygen atoms in total. The molecular formula is C5H9ClO5S. The standard InChI is InChI=1S/C5H9ClO5S/c1-3-10-5(7)4(2)11-12(6,8)9/h4H,3H2,1-2H3. The summed E-state index contributed by atoms with van der Waals surface area (Å²) in [6.45, 7) is 2.99. The van der Waals surface area contributed by atoms with Gasteiger partial charge in [0.05, 0.1) is 6.61 Å². The Morgan fingerprint density at radius 3 is 2.42 bits per heavy atom. The Labute approximate surface area is 75.2 Å². The van der Waals surface area contributed by atoms with Crippen molar-refractivity contribution in [1.82, 2.24) is 0 Å². The minimum atomic E-state index is -4.12. The molecule has 0 aromatic heterocycles. The van der Waals surface area contributed by atoms with Gasteiger partial charge in [-0.05, 0) is 13.8 Å². The van der Waals surface area contributed by atoms with E-state index in [1.165, 1.54) is 6.92 Å². The lowest BCUT2D eigenvalue weighted by Crippen LogP contribution is -2.24. The zero-order valence-corrected chi connectivity index (χ0v) is 8.18. The molecule has 0 aromatic carbocycles. The van der Waals surface area contributed by atoms with Crippen molar-refractivity contribution in [3.63, 3.8) is 0 Å². The minimum absolute atomic E-state index is 0.162. The van der Waals surface area contributed by atoms with E-state index in [-0.39, 0.29) is 6.61 Å². The monoisotopic (exact) mass is 216 g/mol. The number of halogens is 1. The van der Waals surface area contributed by atoms with Crippen molar-refractivity contribution in [3.8, 4) is 0 Å². The number of esters is 1. The Bertz CT molecular complexity index is 247. The SMILES string of the molecule is CCOC(=O)C(C)OS(=O)(=O)Cl. The van der Waals surface area contributed by atoms with E-state index in [4.69, 9.17) is 10.7 Å². The van der Waals surface area contributed by atoms with E-state index in [2.05, 4.69) is 8.92 Å². The highest BCUT2D eigenvalue weighted by Crippen LogP contribution is 2.05. The maximum atomic E-state index is 10.8. The molecule has 0 saturated carbocycles. The Hall–Kier alpha value is -0.330. The average molecular weight is 217 g/mol. The molecule has 0 heterocycles. The average Bonchev–Trinajstić information content (AvgIpc) is 1.84. The number of carbonyl (C=O) groups is 1. The number of carbonyl (C=O) groups excluding carboxylic acids is 1. The Morgan fingerprint density at radius 2 is 2.08 bits per heavy atom. The third-order valence-electron chi connectivity index (χ3n) is 0.878. The van der Waals surface area contributed by atoms with E-state index in [0.29, 0.717) is 0 Å². The molecule has 0 bridgehead atoms. The van der Waals surface area contributed by atoms with Crippen molar-refractivity contribution in [3.05, 3.63) is 0 Å². The lowest BCUT2D eigenvalue weighted by atomic mass is 10.4. The maximum Gasteiger partial charge on any atom is 0.356 e. The molecule has 0 saturated heterocycles. The van der Waals surface area contributed by atoms with E-state index in [9.17, 15) is 13.2 Å². The molecule has 7 heteroatoms. The first kappa shape index (κ1) is 11.7. The van der Waals surface area contributed by atoms with Crippen LogP contribution in [0.2, 0.25) is 0 Å². The van der Waals surface area contributed by atoms with Gasteiger partial charge in [0.15, 0.2) is 6.10 Å². The van der Waals surface area contributed by atoms with Crippen LogP contribution in [-0.4, -0.2) is 27.1 Å². The third kappa shape index (κ3) is 5.34. The van der Waals surface area contributed by atoms with Crippen molar-refractivity contribution < 1.29 is 22.1 Å². The van der Waals surface area contributed by atoms with Gasteiger partial charge >= 0.3 is 15.3 Å². The summed E-state index contributed by atoms with van der Waals surface area (Å²) >= 11 is 0.